The molecular formula is C24H31P. The molecule has 2 aromatic carbocycles. The van der Waals surface area contributed by atoms with Crippen LogP contribution in [0.15, 0.2) is 54.6 Å². The highest BCUT2D eigenvalue weighted by Crippen LogP contribution is 2.45. The average molecular weight is 350 g/mol. The Morgan fingerprint density at radius 3 is 2.16 bits per heavy atom. The van der Waals surface area contributed by atoms with E-state index in [1.807, 2.05) is 0 Å². The molecule has 3 atom stereocenters. The highest BCUT2D eigenvalue weighted by Gasteiger charge is 2.32. The fourth-order valence-electron chi connectivity index (χ4n) is 5.14. The van der Waals surface area contributed by atoms with E-state index in [-0.39, 0.29) is 0 Å². The van der Waals surface area contributed by atoms with E-state index in [9.17, 15) is 0 Å². The summed E-state index contributed by atoms with van der Waals surface area (Å²) in [5.74, 6) is 2.02. The Kier molecular flexibility index (Phi) is 5.88. The molecule has 0 bridgehead atoms. The molecule has 0 radical (unpaired) electrons. The largest absolute Gasteiger partial charge is 0.0862 e. The van der Waals surface area contributed by atoms with E-state index in [2.05, 4.69) is 54.6 Å². The summed E-state index contributed by atoms with van der Waals surface area (Å²) in [6, 6.07) is 20.2. The fraction of sp³-hybridized carbons (Fsp3) is 0.500. The Balaban J connectivity index is 1.56. The van der Waals surface area contributed by atoms with Crippen molar-refractivity contribution in [3.63, 3.8) is 0 Å². The fourth-order valence-corrected chi connectivity index (χ4v) is 7.12. The molecule has 0 nitrogen and oxygen atoms in total. The predicted molar refractivity (Wildman–Crippen MR) is 112 cm³/mol. The average Bonchev–Trinajstić information content (AvgIpc) is 2.70. The van der Waals surface area contributed by atoms with Gasteiger partial charge in [0, 0.05) is 0 Å². The van der Waals surface area contributed by atoms with E-state index in [4.69, 9.17) is 0 Å². The highest BCUT2D eigenvalue weighted by molar-refractivity contribution is 7.48. The van der Waals surface area contributed by atoms with Gasteiger partial charge >= 0.3 is 0 Å². The van der Waals surface area contributed by atoms with Gasteiger partial charge in [-0.2, -0.15) is 0 Å². The third-order valence-electron chi connectivity index (χ3n) is 6.43. The first-order chi connectivity index (χ1) is 12.4. The third kappa shape index (κ3) is 4.17. The first kappa shape index (κ1) is 17.3. The van der Waals surface area contributed by atoms with E-state index in [1.165, 1.54) is 68.9 Å². The molecule has 4 rings (SSSR count). The van der Waals surface area contributed by atoms with Gasteiger partial charge in [-0.05, 0) is 46.8 Å². The van der Waals surface area contributed by atoms with Gasteiger partial charge in [-0.25, -0.2) is 0 Å². The summed E-state index contributed by atoms with van der Waals surface area (Å²) >= 11 is 0. The van der Waals surface area contributed by atoms with Crippen molar-refractivity contribution in [2.24, 2.45) is 11.8 Å². The molecule has 0 spiro atoms. The van der Waals surface area contributed by atoms with Crippen molar-refractivity contribution in [3.8, 4) is 11.1 Å². The summed E-state index contributed by atoms with van der Waals surface area (Å²) in [5.41, 5.74) is 3.78. The second-order valence-electron chi connectivity index (χ2n) is 8.01. The number of hydrogen-bond acceptors (Lipinski definition) is 0. The minimum absolute atomic E-state index is 0.932. The molecule has 0 saturated heterocycles. The molecule has 3 unspecified atom stereocenters. The van der Waals surface area contributed by atoms with Crippen LogP contribution in [0.4, 0.5) is 0 Å². The van der Waals surface area contributed by atoms with Crippen molar-refractivity contribution in [1.82, 2.24) is 0 Å². The normalized spacial score (nSPS) is 25.4. The van der Waals surface area contributed by atoms with Gasteiger partial charge in [-0.15, -0.1) is 0 Å². The molecule has 132 valence electrons. The lowest BCUT2D eigenvalue weighted by Gasteiger charge is -2.39. The first-order valence-corrected chi connectivity index (χ1v) is 11.4. The second kappa shape index (κ2) is 8.50. The van der Waals surface area contributed by atoms with Crippen molar-refractivity contribution >= 4 is 13.9 Å². The van der Waals surface area contributed by atoms with Crippen molar-refractivity contribution in [1.29, 1.82) is 0 Å². The third-order valence-corrected chi connectivity index (χ3v) is 8.26. The van der Waals surface area contributed by atoms with Crippen LogP contribution in [-0.2, 0) is 0 Å². The Hall–Kier alpha value is -1.13. The quantitative estimate of drug-likeness (QED) is 0.532. The maximum atomic E-state index is 2.40. The standard InChI is InChI=1S/C24H31P/c1-3-11-19(12-4-1)21-15-7-9-17-23(21)25-24-18-10-8-16-22(24)20-13-5-2-6-14-20/h1,3-4,7,9,11-12,15,17,20,22,24-25H,2,5-6,8,10,13-14,16,18H2. The van der Waals surface area contributed by atoms with Crippen LogP contribution in [0.3, 0.4) is 0 Å². The molecule has 25 heavy (non-hydrogen) atoms. The lowest BCUT2D eigenvalue weighted by atomic mass is 9.73. The zero-order valence-electron chi connectivity index (χ0n) is 15.3. The zero-order chi connectivity index (χ0) is 16.9. The summed E-state index contributed by atoms with van der Waals surface area (Å²) in [6.45, 7) is 0. The second-order valence-corrected chi connectivity index (χ2v) is 9.58. The van der Waals surface area contributed by atoms with Crippen molar-refractivity contribution in [3.05, 3.63) is 54.6 Å². The van der Waals surface area contributed by atoms with Crippen LogP contribution in [0.25, 0.3) is 11.1 Å². The maximum Gasteiger partial charge on any atom is -0.0110 e. The molecule has 2 aliphatic rings. The monoisotopic (exact) mass is 350 g/mol. The highest BCUT2D eigenvalue weighted by atomic mass is 31.1. The SMILES string of the molecule is c1ccc(-c2ccccc2PC2CCCCC2C2CCCCC2)cc1. The van der Waals surface area contributed by atoms with E-state index in [1.54, 1.807) is 5.30 Å². The van der Waals surface area contributed by atoms with E-state index >= 15 is 0 Å². The van der Waals surface area contributed by atoms with Crippen LogP contribution < -0.4 is 5.30 Å². The summed E-state index contributed by atoms with van der Waals surface area (Å²) in [4.78, 5) is 0. The van der Waals surface area contributed by atoms with Gasteiger partial charge in [-0.1, -0.05) is 108 Å². The smallest absolute Gasteiger partial charge is 0.0110 e. The van der Waals surface area contributed by atoms with Gasteiger partial charge in [0.05, 0.1) is 0 Å². The molecule has 0 aliphatic heterocycles. The van der Waals surface area contributed by atoms with Crippen LogP contribution in [0.2, 0.25) is 0 Å². The Labute approximate surface area is 155 Å². The molecule has 0 aromatic heterocycles. The van der Waals surface area contributed by atoms with Crippen LogP contribution in [0.1, 0.15) is 57.8 Å². The van der Waals surface area contributed by atoms with Gasteiger partial charge < -0.3 is 0 Å². The van der Waals surface area contributed by atoms with Gasteiger partial charge in [0.15, 0.2) is 0 Å². The molecule has 1 heteroatoms. The summed E-state index contributed by atoms with van der Waals surface area (Å²) in [5, 5.41) is 1.60. The van der Waals surface area contributed by atoms with Crippen LogP contribution in [0, 0.1) is 11.8 Å². The molecule has 2 aliphatic carbocycles. The minimum Gasteiger partial charge on any atom is -0.0862 e. The van der Waals surface area contributed by atoms with Gasteiger partial charge in [-0.3, -0.25) is 0 Å². The van der Waals surface area contributed by atoms with Gasteiger partial charge in [0.1, 0.15) is 0 Å². The van der Waals surface area contributed by atoms with Gasteiger partial charge in [0.25, 0.3) is 0 Å². The van der Waals surface area contributed by atoms with Crippen molar-refractivity contribution < 1.29 is 0 Å². The topological polar surface area (TPSA) is 0 Å². The molecule has 2 aromatic rings. The molecule has 0 amide bonds. The Morgan fingerprint density at radius 2 is 1.32 bits per heavy atom. The predicted octanol–water partition coefficient (Wildman–Crippen LogP) is 6.80. The molecule has 0 N–H and O–H groups in total. The Morgan fingerprint density at radius 1 is 0.640 bits per heavy atom. The van der Waals surface area contributed by atoms with Crippen LogP contribution in [0.5, 0.6) is 0 Å². The molecule has 2 fully saturated rings. The summed E-state index contributed by atoms with van der Waals surface area (Å²) in [7, 11) is 0.983. The van der Waals surface area contributed by atoms with Crippen LogP contribution in [-0.4, -0.2) is 5.66 Å². The number of rotatable bonds is 4. The zero-order valence-corrected chi connectivity index (χ0v) is 16.3. The van der Waals surface area contributed by atoms with E-state index in [0.29, 0.717) is 0 Å². The Bertz CT molecular complexity index is 657. The van der Waals surface area contributed by atoms with E-state index in [0.717, 1.165) is 26.1 Å². The van der Waals surface area contributed by atoms with Crippen LogP contribution >= 0.6 is 8.58 Å². The van der Waals surface area contributed by atoms with Crippen molar-refractivity contribution in [2.75, 3.05) is 0 Å². The molecular weight excluding hydrogens is 319 g/mol. The first-order valence-electron chi connectivity index (χ1n) is 10.3. The lowest BCUT2D eigenvalue weighted by Crippen LogP contribution is -2.31. The number of hydrogen-bond donors (Lipinski definition) is 0. The minimum atomic E-state index is 0.932. The summed E-state index contributed by atoms with van der Waals surface area (Å²) in [6.07, 6.45) is 13.3. The number of benzene rings is 2. The van der Waals surface area contributed by atoms with Crippen molar-refractivity contribution in [2.45, 2.75) is 63.4 Å². The molecule has 0 heterocycles. The van der Waals surface area contributed by atoms with E-state index < -0.39 is 0 Å². The summed E-state index contributed by atoms with van der Waals surface area (Å²) < 4.78 is 0. The molecule has 2 saturated carbocycles. The lowest BCUT2D eigenvalue weighted by molar-refractivity contribution is 0.202. The maximum absolute atomic E-state index is 2.40. The van der Waals surface area contributed by atoms with Gasteiger partial charge in [0.2, 0.25) is 0 Å².